The van der Waals surface area contributed by atoms with Gasteiger partial charge in [0.1, 0.15) is 5.75 Å². The maximum Gasteiger partial charge on any atom is 0.387 e. The molecular formula is C17H19F2NO. The van der Waals surface area contributed by atoms with E-state index in [9.17, 15) is 8.78 Å². The average Bonchev–Trinajstić information content (AvgIpc) is 2.47. The minimum atomic E-state index is -2.86. The van der Waals surface area contributed by atoms with Gasteiger partial charge >= 0.3 is 6.61 Å². The van der Waals surface area contributed by atoms with Crippen molar-refractivity contribution >= 4 is 0 Å². The van der Waals surface area contributed by atoms with Crippen molar-refractivity contribution in [1.29, 1.82) is 0 Å². The van der Waals surface area contributed by atoms with Crippen LogP contribution < -0.4 is 10.5 Å². The van der Waals surface area contributed by atoms with Gasteiger partial charge in [-0.1, -0.05) is 55.8 Å². The van der Waals surface area contributed by atoms with Crippen LogP contribution in [0.2, 0.25) is 0 Å². The first-order chi connectivity index (χ1) is 10.1. The van der Waals surface area contributed by atoms with Crippen molar-refractivity contribution in [2.45, 2.75) is 32.4 Å². The molecule has 0 aromatic heterocycles. The number of hydrogen-bond acceptors (Lipinski definition) is 2. The third kappa shape index (κ3) is 4.02. The SMILES string of the molecule is CCCc1cccc(C(N)c2ccccc2OC(F)F)c1. The molecule has 0 aliphatic rings. The summed E-state index contributed by atoms with van der Waals surface area (Å²) in [6.45, 7) is -0.747. The summed E-state index contributed by atoms with van der Waals surface area (Å²) >= 11 is 0. The second-order valence-electron chi connectivity index (χ2n) is 4.89. The molecule has 0 saturated carbocycles. The summed E-state index contributed by atoms with van der Waals surface area (Å²) in [5.41, 5.74) is 8.88. The standard InChI is InChI=1S/C17H19F2NO/c1-2-6-12-7-5-8-13(11-12)16(20)14-9-3-4-10-15(14)21-17(18)19/h3-5,7-11,16-17H,2,6,20H2,1H3. The number of para-hydroxylation sites is 1. The maximum absolute atomic E-state index is 12.5. The molecular weight excluding hydrogens is 272 g/mol. The van der Waals surface area contributed by atoms with Gasteiger partial charge < -0.3 is 10.5 Å². The summed E-state index contributed by atoms with van der Waals surface area (Å²) in [5, 5.41) is 0. The summed E-state index contributed by atoms with van der Waals surface area (Å²) < 4.78 is 29.5. The Balaban J connectivity index is 2.31. The van der Waals surface area contributed by atoms with Gasteiger partial charge in [0.15, 0.2) is 0 Å². The molecule has 0 aliphatic carbocycles. The Bertz CT molecular complexity index is 587. The Hall–Kier alpha value is -1.94. The third-order valence-electron chi connectivity index (χ3n) is 3.32. The van der Waals surface area contributed by atoms with E-state index in [4.69, 9.17) is 5.73 Å². The van der Waals surface area contributed by atoms with Gasteiger partial charge in [0, 0.05) is 5.56 Å². The van der Waals surface area contributed by atoms with Crippen LogP contribution in [0.5, 0.6) is 5.75 Å². The highest BCUT2D eigenvalue weighted by Gasteiger charge is 2.16. The van der Waals surface area contributed by atoms with E-state index >= 15 is 0 Å². The highest BCUT2D eigenvalue weighted by Crippen LogP contribution is 2.29. The average molecular weight is 291 g/mol. The minimum absolute atomic E-state index is 0.126. The summed E-state index contributed by atoms with van der Waals surface area (Å²) in [5.74, 6) is 0.126. The Labute approximate surface area is 123 Å². The molecule has 4 heteroatoms. The lowest BCUT2D eigenvalue weighted by atomic mass is 9.96. The molecule has 2 rings (SSSR count). The number of nitrogens with two attached hydrogens (primary N) is 1. The van der Waals surface area contributed by atoms with Gasteiger partial charge in [-0.3, -0.25) is 0 Å². The Morgan fingerprint density at radius 2 is 1.86 bits per heavy atom. The van der Waals surface area contributed by atoms with Gasteiger partial charge in [0.05, 0.1) is 6.04 Å². The number of benzene rings is 2. The third-order valence-corrected chi connectivity index (χ3v) is 3.32. The van der Waals surface area contributed by atoms with Crippen molar-refractivity contribution < 1.29 is 13.5 Å². The van der Waals surface area contributed by atoms with Crippen molar-refractivity contribution in [1.82, 2.24) is 0 Å². The number of alkyl halides is 2. The Kier molecular flexibility index (Phi) is 5.28. The fourth-order valence-electron chi connectivity index (χ4n) is 2.35. The van der Waals surface area contributed by atoms with E-state index in [0.29, 0.717) is 5.56 Å². The number of rotatable bonds is 6. The summed E-state index contributed by atoms with van der Waals surface area (Å²) in [6.07, 6.45) is 2.01. The molecule has 112 valence electrons. The van der Waals surface area contributed by atoms with Crippen LogP contribution in [0.25, 0.3) is 0 Å². The Morgan fingerprint density at radius 1 is 1.10 bits per heavy atom. The fraction of sp³-hybridized carbons (Fsp3) is 0.294. The molecule has 2 nitrogen and oxygen atoms in total. The van der Waals surface area contributed by atoms with Crippen LogP contribution in [0.15, 0.2) is 48.5 Å². The molecule has 0 saturated heterocycles. The summed E-state index contributed by atoms with van der Waals surface area (Å²) in [7, 11) is 0. The van der Waals surface area contributed by atoms with Gasteiger partial charge in [-0.2, -0.15) is 8.78 Å². The number of aryl methyl sites for hydroxylation is 1. The van der Waals surface area contributed by atoms with Crippen LogP contribution in [0.3, 0.4) is 0 Å². The molecule has 0 fully saturated rings. The smallest absolute Gasteiger partial charge is 0.387 e. The van der Waals surface area contributed by atoms with Crippen LogP contribution >= 0.6 is 0 Å². The summed E-state index contributed by atoms with van der Waals surface area (Å²) in [4.78, 5) is 0. The molecule has 0 heterocycles. The first kappa shape index (κ1) is 15.4. The van der Waals surface area contributed by atoms with Crippen molar-refractivity contribution in [3.63, 3.8) is 0 Å². The van der Waals surface area contributed by atoms with Crippen LogP contribution in [0, 0.1) is 0 Å². The molecule has 2 N–H and O–H groups in total. The molecule has 1 atom stereocenters. The van der Waals surface area contributed by atoms with Crippen LogP contribution in [-0.4, -0.2) is 6.61 Å². The summed E-state index contributed by atoms with van der Waals surface area (Å²) in [6, 6.07) is 14.1. The lowest BCUT2D eigenvalue weighted by molar-refractivity contribution is -0.0505. The Morgan fingerprint density at radius 3 is 2.57 bits per heavy atom. The topological polar surface area (TPSA) is 35.2 Å². The molecule has 21 heavy (non-hydrogen) atoms. The lowest BCUT2D eigenvalue weighted by Gasteiger charge is -2.17. The molecule has 0 amide bonds. The van der Waals surface area contributed by atoms with Crippen molar-refractivity contribution in [3.05, 3.63) is 65.2 Å². The largest absolute Gasteiger partial charge is 0.434 e. The normalized spacial score (nSPS) is 12.4. The van der Waals surface area contributed by atoms with Crippen LogP contribution in [0.4, 0.5) is 8.78 Å². The van der Waals surface area contributed by atoms with Gasteiger partial charge in [0.25, 0.3) is 0 Å². The zero-order valence-electron chi connectivity index (χ0n) is 11.9. The second-order valence-corrected chi connectivity index (χ2v) is 4.89. The molecule has 0 radical (unpaired) electrons. The van der Waals surface area contributed by atoms with E-state index in [1.54, 1.807) is 18.2 Å². The zero-order chi connectivity index (χ0) is 15.2. The van der Waals surface area contributed by atoms with E-state index < -0.39 is 12.7 Å². The quantitative estimate of drug-likeness (QED) is 0.861. The van der Waals surface area contributed by atoms with E-state index in [1.165, 1.54) is 11.6 Å². The molecule has 0 spiro atoms. The zero-order valence-corrected chi connectivity index (χ0v) is 11.9. The van der Waals surface area contributed by atoms with Crippen molar-refractivity contribution in [2.24, 2.45) is 5.73 Å². The van der Waals surface area contributed by atoms with Gasteiger partial charge in [-0.15, -0.1) is 0 Å². The number of hydrogen-bond donors (Lipinski definition) is 1. The second kappa shape index (κ2) is 7.18. The predicted octanol–water partition coefficient (Wildman–Crippen LogP) is 4.29. The van der Waals surface area contributed by atoms with Gasteiger partial charge in [-0.25, -0.2) is 0 Å². The fourth-order valence-corrected chi connectivity index (χ4v) is 2.35. The highest BCUT2D eigenvalue weighted by atomic mass is 19.3. The molecule has 2 aromatic carbocycles. The van der Waals surface area contributed by atoms with Gasteiger partial charge in [0.2, 0.25) is 0 Å². The molecule has 0 bridgehead atoms. The minimum Gasteiger partial charge on any atom is -0.434 e. The first-order valence-corrected chi connectivity index (χ1v) is 7.00. The van der Waals surface area contributed by atoms with Crippen LogP contribution in [-0.2, 0) is 6.42 Å². The highest BCUT2D eigenvalue weighted by molar-refractivity contribution is 5.42. The number of halogens is 2. The maximum atomic E-state index is 12.5. The van der Waals surface area contributed by atoms with Crippen LogP contribution in [0.1, 0.15) is 36.1 Å². The predicted molar refractivity (Wildman–Crippen MR) is 79.5 cm³/mol. The van der Waals surface area contributed by atoms with Crippen molar-refractivity contribution in [3.8, 4) is 5.75 Å². The van der Waals surface area contributed by atoms with E-state index in [2.05, 4.69) is 11.7 Å². The van der Waals surface area contributed by atoms with E-state index in [0.717, 1.165) is 18.4 Å². The number of ether oxygens (including phenoxy) is 1. The lowest BCUT2D eigenvalue weighted by Crippen LogP contribution is -2.15. The molecule has 2 aromatic rings. The monoisotopic (exact) mass is 291 g/mol. The van der Waals surface area contributed by atoms with E-state index in [1.807, 2.05) is 24.3 Å². The molecule has 1 unspecified atom stereocenters. The first-order valence-electron chi connectivity index (χ1n) is 7.00. The van der Waals surface area contributed by atoms with Gasteiger partial charge in [-0.05, 0) is 23.6 Å². The molecule has 0 aliphatic heterocycles. The van der Waals surface area contributed by atoms with Crippen molar-refractivity contribution in [2.75, 3.05) is 0 Å². The van der Waals surface area contributed by atoms with E-state index in [-0.39, 0.29) is 5.75 Å².